The lowest BCUT2D eigenvalue weighted by atomic mass is 10.4. The molecule has 1 aromatic heterocycles. The second kappa shape index (κ2) is 6.34. The first-order valence-corrected chi connectivity index (χ1v) is 9.18. The van der Waals surface area contributed by atoms with Crippen LogP contribution in [0.4, 0.5) is 4.39 Å². The van der Waals surface area contributed by atoms with Crippen molar-refractivity contribution >= 4 is 8.07 Å². The quantitative estimate of drug-likeness (QED) is 0.572. The molecule has 0 unspecified atom stereocenters. The normalized spacial score (nSPS) is 11.9. The van der Waals surface area contributed by atoms with Gasteiger partial charge in [0.25, 0.3) is 0 Å². The molecule has 0 aliphatic heterocycles. The van der Waals surface area contributed by atoms with Crippen LogP contribution in [0.3, 0.4) is 0 Å². The van der Waals surface area contributed by atoms with Crippen molar-refractivity contribution in [3.8, 4) is 11.5 Å². The van der Waals surface area contributed by atoms with Gasteiger partial charge in [-0.25, -0.2) is 9.37 Å². The van der Waals surface area contributed by atoms with Crippen molar-refractivity contribution in [1.29, 1.82) is 0 Å². The van der Waals surface area contributed by atoms with Crippen LogP contribution in [0.2, 0.25) is 16.6 Å². The van der Waals surface area contributed by atoms with E-state index in [1.54, 1.807) is 6.07 Å². The monoisotopic (exact) mass is 277 g/mol. The lowest BCUT2D eigenvalue weighted by molar-refractivity contribution is 0.621. The van der Waals surface area contributed by atoms with Gasteiger partial charge in [-0.15, -0.1) is 5.54 Å². The van der Waals surface area contributed by atoms with Crippen molar-refractivity contribution in [3.63, 3.8) is 0 Å². The molecule has 0 atom stereocenters. The molecule has 1 heterocycles. The van der Waals surface area contributed by atoms with Gasteiger partial charge in [0.2, 0.25) is 0 Å². The number of pyridine rings is 1. The Balaban J connectivity index is 3.19. The van der Waals surface area contributed by atoms with Crippen LogP contribution in [0.25, 0.3) is 0 Å². The molecule has 104 valence electrons. The molecule has 0 radical (unpaired) electrons. The maximum atomic E-state index is 12.8. The van der Waals surface area contributed by atoms with E-state index < -0.39 is 8.07 Å². The van der Waals surface area contributed by atoms with Gasteiger partial charge < -0.3 is 0 Å². The number of nitrogens with zero attached hydrogens (tertiary/aromatic N) is 1. The molecule has 1 nitrogen and oxygen atoms in total. The maximum Gasteiger partial charge on any atom is 0.146 e. The Morgan fingerprint density at radius 3 is 1.89 bits per heavy atom. The first-order valence-electron chi connectivity index (χ1n) is 6.95. The lowest BCUT2D eigenvalue weighted by Gasteiger charge is -2.38. The summed E-state index contributed by atoms with van der Waals surface area (Å²) >= 11 is 0. The molecule has 0 fully saturated rings. The first kappa shape index (κ1) is 15.9. The molecule has 0 N–H and O–H groups in total. The van der Waals surface area contributed by atoms with Gasteiger partial charge in [0.15, 0.2) is 0 Å². The van der Waals surface area contributed by atoms with E-state index in [9.17, 15) is 4.39 Å². The SMILES string of the molecule is CC(C)[Si](C#Cc1ccc(F)cn1)(C(C)C)C(C)C. The second-order valence-corrected chi connectivity index (χ2v) is 11.6. The van der Waals surface area contributed by atoms with Crippen LogP contribution in [0.15, 0.2) is 18.3 Å². The van der Waals surface area contributed by atoms with Gasteiger partial charge >= 0.3 is 0 Å². The van der Waals surface area contributed by atoms with E-state index in [1.165, 1.54) is 12.3 Å². The minimum Gasteiger partial charge on any atom is -0.245 e. The van der Waals surface area contributed by atoms with Crippen molar-refractivity contribution in [3.05, 3.63) is 29.8 Å². The van der Waals surface area contributed by atoms with E-state index in [2.05, 4.69) is 58.0 Å². The van der Waals surface area contributed by atoms with Crippen molar-refractivity contribution in [2.75, 3.05) is 0 Å². The van der Waals surface area contributed by atoms with Crippen LogP contribution < -0.4 is 0 Å². The smallest absolute Gasteiger partial charge is 0.146 e. The molecule has 0 saturated carbocycles. The minimum absolute atomic E-state index is 0.314. The zero-order valence-corrected chi connectivity index (χ0v) is 13.8. The Morgan fingerprint density at radius 2 is 1.53 bits per heavy atom. The summed E-state index contributed by atoms with van der Waals surface area (Å²) in [6.45, 7) is 13.7. The molecule has 3 heteroatoms. The van der Waals surface area contributed by atoms with Crippen molar-refractivity contribution < 1.29 is 4.39 Å². The third-order valence-corrected chi connectivity index (χ3v) is 10.3. The summed E-state index contributed by atoms with van der Waals surface area (Å²) in [5.41, 5.74) is 6.03. The highest BCUT2D eigenvalue weighted by molar-refractivity contribution is 6.90. The van der Waals surface area contributed by atoms with Gasteiger partial charge in [0.05, 0.1) is 6.20 Å². The van der Waals surface area contributed by atoms with Gasteiger partial charge in [-0.05, 0) is 28.8 Å². The predicted octanol–water partition coefficient (Wildman–Crippen LogP) is 4.79. The molecule has 0 aliphatic rings. The highest BCUT2D eigenvalue weighted by Crippen LogP contribution is 2.40. The molecule has 19 heavy (non-hydrogen) atoms. The second-order valence-electron chi connectivity index (χ2n) is 6.01. The predicted molar refractivity (Wildman–Crippen MR) is 82.1 cm³/mol. The largest absolute Gasteiger partial charge is 0.245 e. The average Bonchev–Trinajstić information content (AvgIpc) is 2.30. The van der Waals surface area contributed by atoms with Gasteiger partial charge in [-0.1, -0.05) is 47.5 Å². The van der Waals surface area contributed by atoms with Gasteiger partial charge in [-0.2, -0.15) is 0 Å². The topological polar surface area (TPSA) is 12.9 Å². The Kier molecular flexibility index (Phi) is 5.31. The third kappa shape index (κ3) is 3.45. The van der Waals surface area contributed by atoms with Crippen LogP contribution in [-0.4, -0.2) is 13.1 Å². The van der Waals surface area contributed by atoms with Gasteiger partial charge in [0, 0.05) is 0 Å². The summed E-state index contributed by atoms with van der Waals surface area (Å²) in [6.07, 6.45) is 1.23. The fourth-order valence-electron chi connectivity index (χ4n) is 3.06. The average molecular weight is 277 g/mol. The van der Waals surface area contributed by atoms with Crippen molar-refractivity contribution in [2.45, 2.75) is 58.2 Å². The molecular formula is C16H24FNSi. The zero-order chi connectivity index (χ0) is 14.6. The molecule has 0 aliphatic carbocycles. The van der Waals surface area contributed by atoms with E-state index in [-0.39, 0.29) is 5.82 Å². The Labute approximate surface area is 117 Å². The van der Waals surface area contributed by atoms with E-state index in [1.807, 2.05) is 0 Å². The molecular weight excluding hydrogens is 253 g/mol. The van der Waals surface area contributed by atoms with Crippen molar-refractivity contribution in [1.82, 2.24) is 4.98 Å². The number of hydrogen-bond acceptors (Lipinski definition) is 1. The van der Waals surface area contributed by atoms with E-state index >= 15 is 0 Å². The molecule has 0 saturated heterocycles. The Morgan fingerprint density at radius 1 is 1.00 bits per heavy atom. The number of aromatic nitrogens is 1. The molecule has 0 amide bonds. The molecule has 1 rings (SSSR count). The number of rotatable bonds is 3. The summed E-state index contributed by atoms with van der Waals surface area (Å²) in [6, 6.07) is 3.07. The lowest BCUT2D eigenvalue weighted by Crippen LogP contribution is -2.43. The summed E-state index contributed by atoms with van der Waals surface area (Å²) in [7, 11) is -1.72. The summed E-state index contributed by atoms with van der Waals surface area (Å²) < 4.78 is 12.8. The Hall–Kier alpha value is -1.14. The number of hydrogen-bond donors (Lipinski definition) is 0. The standard InChI is InChI=1S/C16H24FNSi/c1-12(2)19(13(3)4,14(5)6)10-9-16-8-7-15(17)11-18-16/h7-8,11-14H,1-6H3. The fraction of sp³-hybridized carbons (Fsp3) is 0.562. The molecule has 0 aromatic carbocycles. The summed E-state index contributed by atoms with van der Waals surface area (Å²) in [4.78, 5) is 4.03. The number of halogens is 1. The molecule has 0 spiro atoms. The van der Waals surface area contributed by atoms with Crippen LogP contribution in [0, 0.1) is 17.3 Å². The highest BCUT2D eigenvalue weighted by atomic mass is 28.3. The third-order valence-electron chi connectivity index (χ3n) is 4.00. The summed E-state index contributed by atoms with van der Waals surface area (Å²) in [5, 5.41) is 0. The van der Waals surface area contributed by atoms with Crippen molar-refractivity contribution in [2.24, 2.45) is 0 Å². The first-order chi connectivity index (χ1) is 8.80. The molecule has 0 bridgehead atoms. The summed E-state index contributed by atoms with van der Waals surface area (Å²) in [5.74, 6) is 2.88. The maximum absolute atomic E-state index is 12.8. The van der Waals surface area contributed by atoms with Crippen LogP contribution in [0.5, 0.6) is 0 Å². The van der Waals surface area contributed by atoms with E-state index in [4.69, 9.17) is 0 Å². The van der Waals surface area contributed by atoms with Gasteiger partial charge in [-0.3, -0.25) is 0 Å². The van der Waals surface area contributed by atoms with E-state index in [0.29, 0.717) is 22.3 Å². The van der Waals surface area contributed by atoms with Crippen LogP contribution in [0.1, 0.15) is 47.2 Å². The zero-order valence-electron chi connectivity index (χ0n) is 12.8. The van der Waals surface area contributed by atoms with Gasteiger partial charge in [0.1, 0.15) is 19.6 Å². The van der Waals surface area contributed by atoms with Crippen LogP contribution >= 0.6 is 0 Å². The van der Waals surface area contributed by atoms with Crippen LogP contribution in [-0.2, 0) is 0 Å². The Bertz CT molecular complexity index is 444. The minimum atomic E-state index is -1.72. The molecule has 1 aromatic rings. The fourth-order valence-corrected chi connectivity index (χ4v) is 8.27. The van der Waals surface area contributed by atoms with E-state index in [0.717, 1.165) is 0 Å². The highest BCUT2D eigenvalue weighted by Gasteiger charge is 2.41.